The van der Waals surface area contributed by atoms with Gasteiger partial charge in [-0.1, -0.05) is 0 Å². The maximum absolute atomic E-state index is 12.1. The molecule has 0 saturated carbocycles. The van der Waals surface area contributed by atoms with E-state index in [1.54, 1.807) is 4.90 Å². The van der Waals surface area contributed by atoms with Crippen molar-refractivity contribution in [2.75, 3.05) is 13.1 Å². The topological polar surface area (TPSA) is 109 Å². The van der Waals surface area contributed by atoms with E-state index in [9.17, 15) is 22.8 Å². The maximum Gasteiger partial charge on any atom is 0.328 e. The lowest BCUT2D eigenvalue weighted by molar-refractivity contribution is -0.132. The van der Waals surface area contributed by atoms with Crippen LogP contribution in [-0.4, -0.2) is 41.9 Å². The molecule has 1 fully saturated rings. The molecule has 116 valence electrons. The molecule has 1 aromatic heterocycles. The number of H-pyrrole nitrogens is 1. The number of nitrogens with one attached hydrogen (secondary N) is 1. The largest absolute Gasteiger partial charge is 0.341 e. The Hall–Kier alpha value is -1.61. The van der Waals surface area contributed by atoms with Crippen molar-refractivity contribution in [3.05, 3.63) is 27.0 Å². The number of carbonyl (C=O) groups is 1. The summed E-state index contributed by atoms with van der Waals surface area (Å²) in [5.74, 6) is -0.304. The quantitative estimate of drug-likeness (QED) is 0.747. The fourth-order valence-corrected chi connectivity index (χ4v) is 3.02. The van der Waals surface area contributed by atoms with Crippen molar-refractivity contribution in [3.8, 4) is 0 Å². The van der Waals surface area contributed by atoms with E-state index < -0.39 is 25.2 Å². The van der Waals surface area contributed by atoms with Gasteiger partial charge in [0.1, 0.15) is 6.54 Å². The number of likely N-dealkylation sites (tertiary alicyclic amines) is 1. The average Bonchev–Trinajstić information content (AvgIpc) is 2.41. The molecule has 1 aliphatic rings. The van der Waals surface area contributed by atoms with Crippen LogP contribution >= 0.6 is 10.7 Å². The van der Waals surface area contributed by atoms with E-state index >= 15 is 0 Å². The molecule has 1 N–H and O–H groups in total. The first-order valence-corrected chi connectivity index (χ1v) is 8.66. The summed E-state index contributed by atoms with van der Waals surface area (Å²) in [6.45, 7) is 0.879. The highest BCUT2D eigenvalue weighted by Gasteiger charge is 2.20. The van der Waals surface area contributed by atoms with Gasteiger partial charge in [-0.2, -0.15) is 0 Å². The zero-order valence-electron chi connectivity index (χ0n) is 11.0. The number of hydrogen-bond acceptors (Lipinski definition) is 5. The van der Waals surface area contributed by atoms with Crippen LogP contribution in [0.15, 0.2) is 20.7 Å². The number of aromatic nitrogens is 2. The molecule has 1 saturated heterocycles. The third-order valence-corrected chi connectivity index (χ3v) is 4.57. The number of piperidine rings is 1. The molecule has 0 spiro atoms. The molecule has 0 radical (unpaired) electrons. The molecule has 2 rings (SSSR count). The number of halogens is 1. The molecular weight excluding hydrogens is 322 g/mol. The van der Waals surface area contributed by atoms with Crippen molar-refractivity contribution in [1.29, 1.82) is 0 Å². The van der Waals surface area contributed by atoms with E-state index in [2.05, 4.69) is 0 Å². The Kier molecular flexibility index (Phi) is 4.52. The predicted molar refractivity (Wildman–Crippen MR) is 74.8 cm³/mol. The van der Waals surface area contributed by atoms with Crippen LogP contribution in [0.2, 0.25) is 0 Å². The molecule has 0 atom stereocenters. The Bertz CT molecular complexity index is 761. The van der Waals surface area contributed by atoms with Gasteiger partial charge in [-0.15, -0.1) is 0 Å². The Morgan fingerprint density at radius 3 is 2.43 bits per heavy atom. The number of nitrogens with zero attached hydrogens (tertiary/aromatic N) is 2. The minimum Gasteiger partial charge on any atom is -0.341 e. The highest BCUT2D eigenvalue weighted by molar-refractivity contribution is 8.13. The SMILES string of the molecule is O=C(Cn1cc(S(=O)(=O)Cl)c(=O)[nH]c1=O)N1CCCCC1. The van der Waals surface area contributed by atoms with Gasteiger partial charge < -0.3 is 4.90 Å². The maximum atomic E-state index is 12.1. The zero-order valence-corrected chi connectivity index (χ0v) is 12.6. The second kappa shape index (κ2) is 6.02. The van der Waals surface area contributed by atoms with Crippen LogP contribution in [-0.2, 0) is 20.4 Å². The normalized spacial score (nSPS) is 16.0. The molecular formula is C11H14ClN3O5S. The molecule has 1 aliphatic heterocycles. The lowest BCUT2D eigenvalue weighted by Crippen LogP contribution is -2.41. The van der Waals surface area contributed by atoms with Crippen LogP contribution in [0.5, 0.6) is 0 Å². The number of aromatic amines is 1. The second-order valence-electron chi connectivity index (χ2n) is 4.76. The fourth-order valence-electron chi connectivity index (χ4n) is 2.17. The van der Waals surface area contributed by atoms with Gasteiger partial charge in [-0.05, 0) is 19.3 Å². The van der Waals surface area contributed by atoms with Crippen LogP contribution in [0.25, 0.3) is 0 Å². The molecule has 10 heteroatoms. The van der Waals surface area contributed by atoms with E-state index in [1.807, 2.05) is 4.98 Å². The van der Waals surface area contributed by atoms with Crippen molar-refractivity contribution < 1.29 is 13.2 Å². The van der Waals surface area contributed by atoms with E-state index in [-0.39, 0.29) is 12.5 Å². The van der Waals surface area contributed by atoms with Gasteiger partial charge in [0, 0.05) is 30.0 Å². The summed E-state index contributed by atoms with van der Waals surface area (Å²) in [5.41, 5.74) is -1.95. The minimum atomic E-state index is -4.29. The van der Waals surface area contributed by atoms with Gasteiger partial charge in [-0.3, -0.25) is 19.1 Å². The molecule has 1 aromatic rings. The van der Waals surface area contributed by atoms with Gasteiger partial charge in [0.25, 0.3) is 14.6 Å². The smallest absolute Gasteiger partial charge is 0.328 e. The molecule has 8 nitrogen and oxygen atoms in total. The second-order valence-corrected chi connectivity index (χ2v) is 7.29. The standard InChI is InChI=1S/C11H14ClN3O5S/c12-21(19,20)8-6-15(11(18)13-10(8)17)7-9(16)14-4-2-1-3-5-14/h6H,1-5,7H2,(H,13,17,18). The van der Waals surface area contributed by atoms with Crippen molar-refractivity contribution in [3.63, 3.8) is 0 Å². The zero-order chi connectivity index (χ0) is 15.6. The fraction of sp³-hybridized carbons (Fsp3) is 0.545. The third-order valence-electron chi connectivity index (χ3n) is 3.26. The molecule has 0 aromatic carbocycles. The summed E-state index contributed by atoms with van der Waals surface area (Å²) >= 11 is 0. The first kappa shape index (κ1) is 15.8. The third kappa shape index (κ3) is 3.73. The lowest BCUT2D eigenvalue weighted by Gasteiger charge is -2.26. The summed E-state index contributed by atoms with van der Waals surface area (Å²) in [7, 11) is 0.825. The minimum absolute atomic E-state index is 0.304. The van der Waals surface area contributed by atoms with Crippen LogP contribution in [0.4, 0.5) is 0 Å². The monoisotopic (exact) mass is 335 g/mol. The molecule has 0 unspecified atom stereocenters. The number of hydrogen-bond donors (Lipinski definition) is 1. The van der Waals surface area contributed by atoms with Gasteiger partial charge >= 0.3 is 5.69 Å². The molecule has 0 bridgehead atoms. The van der Waals surface area contributed by atoms with Crippen molar-refractivity contribution in [2.45, 2.75) is 30.7 Å². The molecule has 1 amide bonds. The van der Waals surface area contributed by atoms with E-state index in [0.29, 0.717) is 13.1 Å². The van der Waals surface area contributed by atoms with Crippen LogP contribution in [0.3, 0.4) is 0 Å². The van der Waals surface area contributed by atoms with Crippen LogP contribution < -0.4 is 11.2 Å². The van der Waals surface area contributed by atoms with Crippen molar-refractivity contribution in [2.24, 2.45) is 0 Å². The average molecular weight is 336 g/mol. The Morgan fingerprint density at radius 2 is 1.86 bits per heavy atom. The summed E-state index contributed by atoms with van der Waals surface area (Å²) in [6.07, 6.45) is 3.64. The summed E-state index contributed by atoms with van der Waals surface area (Å²) in [6, 6.07) is 0. The summed E-state index contributed by atoms with van der Waals surface area (Å²) < 4.78 is 23.3. The number of carbonyl (C=O) groups excluding carboxylic acids is 1. The first-order valence-electron chi connectivity index (χ1n) is 6.35. The number of amides is 1. The van der Waals surface area contributed by atoms with Crippen LogP contribution in [0, 0.1) is 0 Å². The summed E-state index contributed by atoms with van der Waals surface area (Å²) in [5, 5.41) is 0. The molecule has 2 heterocycles. The number of rotatable bonds is 3. The van der Waals surface area contributed by atoms with Crippen LogP contribution in [0.1, 0.15) is 19.3 Å². The first-order chi connectivity index (χ1) is 9.79. The van der Waals surface area contributed by atoms with Crippen molar-refractivity contribution >= 4 is 25.6 Å². The highest BCUT2D eigenvalue weighted by Crippen LogP contribution is 2.10. The van der Waals surface area contributed by atoms with E-state index in [4.69, 9.17) is 10.7 Å². The Labute approximate surface area is 124 Å². The molecule has 0 aliphatic carbocycles. The lowest BCUT2D eigenvalue weighted by atomic mass is 10.1. The summed E-state index contributed by atoms with van der Waals surface area (Å²) in [4.78, 5) is 37.8. The van der Waals surface area contributed by atoms with E-state index in [0.717, 1.165) is 30.0 Å². The highest BCUT2D eigenvalue weighted by atomic mass is 35.7. The Morgan fingerprint density at radius 1 is 1.24 bits per heavy atom. The van der Waals surface area contributed by atoms with E-state index in [1.165, 1.54) is 0 Å². The van der Waals surface area contributed by atoms with Gasteiger partial charge in [0.15, 0.2) is 4.90 Å². The van der Waals surface area contributed by atoms with Crippen molar-refractivity contribution in [1.82, 2.24) is 14.5 Å². The Balaban J connectivity index is 2.30. The van der Waals surface area contributed by atoms with Gasteiger partial charge in [-0.25, -0.2) is 13.2 Å². The molecule has 21 heavy (non-hydrogen) atoms. The predicted octanol–water partition coefficient (Wildman–Crippen LogP) is -0.523. The van der Waals surface area contributed by atoms with Gasteiger partial charge in [0.05, 0.1) is 0 Å². The van der Waals surface area contributed by atoms with Gasteiger partial charge in [0.2, 0.25) is 5.91 Å².